The third-order valence-corrected chi connectivity index (χ3v) is 5.62. The van der Waals surface area contributed by atoms with Crippen LogP contribution in [0.5, 0.6) is 5.75 Å². The number of nitrogens with one attached hydrogen (secondary N) is 1. The number of esters is 1. The zero-order valence-electron chi connectivity index (χ0n) is 16.1. The Morgan fingerprint density at radius 2 is 1.68 bits per heavy atom. The highest BCUT2D eigenvalue weighted by atomic mass is 35.5. The number of halogens is 1. The average molecular weight is 426 g/mol. The standard InChI is InChI=1S/C20H24ClNO5S/c1-4-26-19(23)20(2,3)27-17-9-5-15(6-10-17)13-14-22-28(24,25)18-11-7-16(21)8-12-18/h5-12,22H,4,13-14H2,1-3H3. The Kier molecular flexibility index (Phi) is 7.46. The molecule has 0 aliphatic carbocycles. The van der Waals surface area contributed by atoms with Gasteiger partial charge in [-0.3, -0.25) is 0 Å². The number of carbonyl (C=O) groups is 1. The van der Waals surface area contributed by atoms with Gasteiger partial charge in [0, 0.05) is 11.6 Å². The number of hydrogen-bond donors (Lipinski definition) is 1. The fourth-order valence-corrected chi connectivity index (χ4v) is 3.55. The molecule has 0 radical (unpaired) electrons. The second kappa shape index (κ2) is 9.41. The summed E-state index contributed by atoms with van der Waals surface area (Å²) in [7, 11) is -3.58. The van der Waals surface area contributed by atoms with Gasteiger partial charge in [-0.2, -0.15) is 0 Å². The lowest BCUT2D eigenvalue weighted by molar-refractivity contribution is -0.158. The van der Waals surface area contributed by atoms with Gasteiger partial charge in [-0.25, -0.2) is 17.9 Å². The smallest absolute Gasteiger partial charge is 0.349 e. The van der Waals surface area contributed by atoms with Crippen molar-refractivity contribution >= 4 is 27.6 Å². The monoisotopic (exact) mass is 425 g/mol. The van der Waals surface area contributed by atoms with E-state index in [1.54, 1.807) is 32.9 Å². The molecule has 0 bridgehead atoms. The van der Waals surface area contributed by atoms with E-state index in [2.05, 4.69) is 4.72 Å². The maximum absolute atomic E-state index is 12.2. The van der Waals surface area contributed by atoms with Crippen LogP contribution >= 0.6 is 11.6 Å². The van der Waals surface area contributed by atoms with Crippen molar-refractivity contribution in [2.75, 3.05) is 13.2 Å². The van der Waals surface area contributed by atoms with Crippen molar-refractivity contribution in [2.24, 2.45) is 0 Å². The first-order valence-corrected chi connectivity index (χ1v) is 10.7. The Bertz CT molecular complexity index is 893. The van der Waals surface area contributed by atoms with E-state index < -0.39 is 21.6 Å². The number of benzene rings is 2. The van der Waals surface area contributed by atoms with E-state index in [1.807, 2.05) is 12.1 Å². The van der Waals surface area contributed by atoms with Gasteiger partial charge in [0.1, 0.15) is 5.75 Å². The molecule has 8 heteroatoms. The van der Waals surface area contributed by atoms with Crippen LogP contribution in [-0.4, -0.2) is 33.1 Å². The van der Waals surface area contributed by atoms with E-state index in [0.717, 1.165) is 5.56 Å². The van der Waals surface area contributed by atoms with Crippen LogP contribution in [0.1, 0.15) is 26.3 Å². The predicted octanol–water partition coefficient (Wildman–Crippen LogP) is 3.58. The molecule has 0 unspecified atom stereocenters. The Morgan fingerprint density at radius 1 is 1.07 bits per heavy atom. The lowest BCUT2D eigenvalue weighted by Crippen LogP contribution is -2.39. The second-order valence-electron chi connectivity index (χ2n) is 6.58. The van der Waals surface area contributed by atoms with Gasteiger partial charge in [-0.1, -0.05) is 23.7 Å². The third kappa shape index (κ3) is 6.22. The average Bonchev–Trinajstić information content (AvgIpc) is 2.63. The summed E-state index contributed by atoms with van der Waals surface area (Å²) in [4.78, 5) is 12.1. The van der Waals surface area contributed by atoms with Crippen LogP contribution in [-0.2, 0) is 26.0 Å². The number of carbonyl (C=O) groups excluding carboxylic acids is 1. The van der Waals surface area contributed by atoms with Gasteiger partial charge in [0.05, 0.1) is 11.5 Å². The van der Waals surface area contributed by atoms with Crippen LogP contribution in [0.15, 0.2) is 53.4 Å². The molecule has 0 saturated heterocycles. The van der Waals surface area contributed by atoms with E-state index >= 15 is 0 Å². The van der Waals surface area contributed by atoms with Crippen LogP contribution < -0.4 is 9.46 Å². The van der Waals surface area contributed by atoms with Crippen LogP contribution in [0.3, 0.4) is 0 Å². The first-order valence-electron chi connectivity index (χ1n) is 8.84. The summed E-state index contributed by atoms with van der Waals surface area (Å²) < 4.78 is 37.7. The van der Waals surface area contributed by atoms with Crippen molar-refractivity contribution in [3.8, 4) is 5.75 Å². The molecule has 0 aliphatic rings. The summed E-state index contributed by atoms with van der Waals surface area (Å²) in [6.45, 7) is 5.56. The fourth-order valence-electron chi connectivity index (χ4n) is 2.39. The predicted molar refractivity (Wildman–Crippen MR) is 108 cm³/mol. The molecule has 6 nitrogen and oxygen atoms in total. The lowest BCUT2D eigenvalue weighted by Gasteiger charge is -2.24. The minimum atomic E-state index is -3.58. The summed E-state index contributed by atoms with van der Waals surface area (Å²) in [6.07, 6.45) is 0.508. The summed E-state index contributed by atoms with van der Waals surface area (Å²) in [5, 5.41) is 0.479. The van der Waals surface area contributed by atoms with Crippen LogP contribution in [0.25, 0.3) is 0 Å². The molecule has 0 amide bonds. The summed E-state index contributed by atoms with van der Waals surface area (Å²) in [6, 6.07) is 13.1. The summed E-state index contributed by atoms with van der Waals surface area (Å²) in [5.41, 5.74) is -0.161. The van der Waals surface area contributed by atoms with Gasteiger partial charge in [0.15, 0.2) is 5.60 Å². The zero-order chi connectivity index (χ0) is 20.8. The Morgan fingerprint density at radius 3 is 2.25 bits per heavy atom. The highest BCUT2D eigenvalue weighted by Gasteiger charge is 2.31. The first kappa shape index (κ1) is 22.2. The Balaban J connectivity index is 1.90. The molecule has 0 aliphatic heterocycles. The van der Waals surface area contributed by atoms with E-state index in [9.17, 15) is 13.2 Å². The highest BCUT2D eigenvalue weighted by molar-refractivity contribution is 7.89. The first-order chi connectivity index (χ1) is 13.1. The number of rotatable bonds is 9. The van der Waals surface area contributed by atoms with Crippen molar-refractivity contribution in [2.45, 2.75) is 37.7 Å². The molecule has 152 valence electrons. The van der Waals surface area contributed by atoms with Gasteiger partial charge in [-0.15, -0.1) is 0 Å². The molecule has 0 aromatic heterocycles. The van der Waals surface area contributed by atoms with Gasteiger partial charge in [-0.05, 0) is 69.2 Å². The van der Waals surface area contributed by atoms with E-state index in [4.69, 9.17) is 21.1 Å². The normalized spacial score (nSPS) is 11.9. The summed E-state index contributed by atoms with van der Waals surface area (Å²) >= 11 is 5.78. The number of hydrogen-bond acceptors (Lipinski definition) is 5. The van der Waals surface area contributed by atoms with E-state index in [0.29, 0.717) is 17.2 Å². The zero-order valence-corrected chi connectivity index (χ0v) is 17.6. The molecule has 1 N–H and O–H groups in total. The SMILES string of the molecule is CCOC(=O)C(C)(C)Oc1ccc(CCNS(=O)(=O)c2ccc(Cl)cc2)cc1. The summed E-state index contributed by atoms with van der Waals surface area (Å²) in [5.74, 6) is 0.0965. The number of ether oxygens (including phenoxy) is 2. The van der Waals surface area contributed by atoms with Crippen molar-refractivity contribution in [1.29, 1.82) is 0 Å². The molecule has 0 spiro atoms. The molecule has 2 aromatic rings. The largest absolute Gasteiger partial charge is 0.476 e. The Hall–Kier alpha value is -2.09. The molecule has 0 saturated carbocycles. The van der Waals surface area contributed by atoms with Gasteiger partial charge in [0.2, 0.25) is 10.0 Å². The van der Waals surface area contributed by atoms with Crippen LogP contribution in [0, 0.1) is 0 Å². The molecule has 2 aromatic carbocycles. The van der Waals surface area contributed by atoms with Crippen molar-refractivity contribution in [3.63, 3.8) is 0 Å². The van der Waals surface area contributed by atoms with Gasteiger partial charge < -0.3 is 9.47 Å². The highest BCUT2D eigenvalue weighted by Crippen LogP contribution is 2.20. The molecule has 0 heterocycles. The molecular formula is C20H24ClNO5S. The van der Waals surface area contributed by atoms with Crippen molar-refractivity contribution in [1.82, 2.24) is 4.72 Å². The minimum Gasteiger partial charge on any atom is -0.476 e. The van der Waals surface area contributed by atoms with Crippen LogP contribution in [0.2, 0.25) is 5.02 Å². The van der Waals surface area contributed by atoms with Crippen LogP contribution in [0.4, 0.5) is 0 Å². The fraction of sp³-hybridized carbons (Fsp3) is 0.350. The van der Waals surface area contributed by atoms with E-state index in [-0.39, 0.29) is 18.0 Å². The van der Waals surface area contributed by atoms with E-state index in [1.165, 1.54) is 24.3 Å². The minimum absolute atomic E-state index is 0.168. The molecule has 2 rings (SSSR count). The molecule has 0 atom stereocenters. The van der Waals surface area contributed by atoms with Gasteiger partial charge >= 0.3 is 5.97 Å². The topological polar surface area (TPSA) is 81.7 Å². The maximum Gasteiger partial charge on any atom is 0.349 e. The Labute approximate surface area is 170 Å². The lowest BCUT2D eigenvalue weighted by atomic mass is 10.1. The second-order valence-corrected chi connectivity index (χ2v) is 8.78. The third-order valence-electron chi connectivity index (χ3n) is 3.89. The molecular weight excluding hydrogens is 402 g/mol. The number of sulfonamides is 1. The molecule has 0 fully saturated rings. The molecule has 28 heavy (non-hydrogen) atoms. The van der Waals surface area contributed by atoms with Gasteiger partial charge in [0.25, 0.3) is 0 Å². The maximum atomic E-state index is 12.2. The quantitative estimate of drug-likeness (QED) is 0.621. The van der Waals surface area contributed by atoms with Crippen molar-refractivity contribution < 1.29 is 22.7 Å². The van der Waals surface area contributed by atoms with Crippen molar-refractivity contribution in [3.05, 3.63) is 59.1 Å².